The summed E-state index contributed by atoms with van der Waals surface area (Å²) in [4.78, 5) is 16.3. The molecule has 0 aliphatic carbocycles. The van der Waals surface area contributed by atoms with Gasteiger partial charge in [-0.25, -0.2) is 4.98 Å². The summed E-state index contributed by atoms with van der Waals surface area (Å²) in [7, 11) is 0. The number of hydrogen-bond donors (Lipinski definition) is 1. The normalized spacial score (nSPS) is 10.7. The first-order chi connectivity index (χ1) is 10.2. The lowest BCUT2D eigenvalue weighted by Gasteiger charge is -2.03. The Bertz CT molecular complexity index is 732. The van der Waals surface area contributed by atoms with Gasteiger partial charge in [-0.05, 0) is 12.1 Å². The van der Waals surface area contributed by atoms with E-state index in [4.69, 9.17) is 0 Å². The van der Waals surface area contributed by atoms with E-state index in [9.17, 15) is 10.0 Å². The standard InChI is InChI=1S/C15H14N4O2/c20-15(12-5-9-19(21)10-6-12)16-7-4-13-11-18-8-2-1-3-14(18)17-13/h1-3,5-6,8-11H,4,7H2,(H,16,20). The van der Waals surface area contributed by atoms with Crippen molar-refractivity contribution in [1.29, 1.82) is 0 Å². The summed E-state index contributed by atoms with van der Waals surface area (Å²) < 4.78 is 2.59. The van der Waals surface area contributed by atoms with Gasteiger partial charge in [0.25, 0.3) is 5.91 Å². The Morgan fingerprint density at radius 3 is 2.86 bits per heavy atom. The van der Waals surface area contributed by atoms with Crippen LogP contribution in [-0.2, 0) is 6.42 Å². The van der Waals surface area contributed by atoms with Crippen LogP contribution < -0.4 is 10.0 Å². The minimum Gasteiger partial charge on any atom is -0.619 e. The molecule has 0 unspecified atom stereocenters. The van der Waals surface area contributed by atoms with Crippen molar-refractivity contribution in [3.05, 3.63) is 71.6 Å². The summed E-state index contributed by atoms with van der Waals surface area (Å²) in [5, 5.41) is 13.7. The highest BCUT2D eigenvalue weighted by atomic mass is 16.5. The second-order valence-corrected chi connectivity index (χ2v) is 4.65. The summed E-state index contributed by atoms with van der Waals surface area (Å²) in [6, 6.07) is 8.80. The number of rotatable bonds is 4. The van der Waals surface area contributed by atoms with E-state index in [1.165, 1.54) is 24.5 Å². The molecule has 3 aromatic rings. The second kappa shape index (κ2) is 5.62. The maximum Gasteiger partial charge on any atom is 0.251 e. The third-order valence-electron chi connectivity index (χ3n) is 3.14. The lowest BCUT2D eigenvalue weighted by atomic mass is 10.2. The van der Waals surface area contributed by atoms with E-state index >= 15 is 0 Å². The van der Waals surface area contributed by atoms with E-state index in [0.717, 1.165) is 11.3 Å². The molecule has 3 aromatic heterocycles. The average molecular weight is 282 g/mol. The van der Waals surface area contributed by atoms with Crippen molar-refractivity contribution in [1.82, 2.24) is 14.7 Å². The van der Waals surface area contributed by atoms with Gasteiger partial charge in [0.2, 0.25) is 0 Å². The summed E-state index contributed by atoms with van der Waals surface area (Å²) in [5.74, 6) is -0.195. The predicted octanol–water partition coefficient (Wildman–Crippen LogP) is 0.940. The lowest BCUT2D eigenvalue weighted by Crippen LogP contribution is -2.28. The molecule has 1 amide bonds. The maximum atomic E-state index is 11.9. The molecule has 0 saturated carbocycles. The molecule has 0 bridgehead atoms. The van der Waals surface area contributed by atoms with Crippen LogP contribution in [0.2, 0.25) is 0 Å². The van der Waals surface area contributed by atoms with E-state index in [-0.39, 0.29) is 5.91 Å². The van der Waals surface area contributed by atoms with Crippen LogP contribution in [0.5, 0.6) is 0 Å². The number of fused-ring (bicyclic) bond motifs is 1. The molecule has 0 saturated heterocycles. The topological polar surface area (TPSA) is 73.3 Å². The zero-order chi connectivity index (χ0) is 14.7. The van der Waals surface area contributed by atoms with E-state index in [0.29, 0.717) is 23.3 Å². The Morgan fingerprint density at radius 2 is 2.10 bits per heavy atom. The molecule has 21 heavy (non-hydrogen) atoms. The van der Waals surface area contributed by atoms with Crippen LogP contribution >= 0.6 is 0 Å². The summed E-state index contributed by atoms with van der Waals surface area (Å²) >= 11 is 0. The smallest absolute Gasteiger partial charge is 0.251 e. The quantitative estimate of drug-likeness (QED) is 0.571. The van der Waals surface area contributed by atoms with Crippen molar-refractivity contribution in [2.75, 3.05) is 6.54 Å². The van der Waals surface area contributed by atoms with Gasteiger partial charge in [-0.2, -0.15) is 4.73 Å². The molecule has 6 heteroatoms. The number of nitrogens with one attached hydrogen (secondary N) is 1. The molecule has 0 aliphatic heterocycles. The number of pyridine rings is 2. The van der Waals surface area contributed by atoms with Crippen LogP contribution in [0.25, 0.3) is 5.65 Å². The van der Waals surface area contributed by atoms with Crippen LogP contribution in [0.1, 0.15) is 16.1 Å². The Morgan fingerprint density at radius 1 is 1.29 bits per heavy atom. The van der Waals surface area contributed by atoms with E-state index in [2.05, 4.69) is 10.3 Å². The zero-order valence-corrected chi connectivity index (χ0v) is 11.3. The molecule has 6 nitrogen and oxygen atoms in total. The van der Waals surface area contributed by atoms with Gasteiger partial charge in [-0.3, -0.25) is 4.79 Å². The molecular weight excluding hydrogens is 268 g/mol. The lowest BCUT2D eigenvalue weighted by molar-refractivity contribution is -0.605. The molecule has 106 valence electrons. The van der Waals surface area contributed by atoms with E-state index in [1.54, 1.807) is 0 Å². The molecule has 0 radical (unpaired) electrons. The molecule has 1 N–H and O–H groups in total. The van der Waals surface area contributed by atoms with Gasteiger partial charge in [-0.15, -0.1) is 0 Å². The first-order valence-electron chi connectivity index (χ1n) is 6.62. The van der Waals surface area contributed by atoms with Crippen molar-refractivity contribution in [2.24, 2.45) is 0 Å². The number of amides is 1. The fourth-order valence-electron chi connectivity index (χ4n) is 2.08. The van der Waals surface area contributed by atoms with Gasteiger partial charge in [0.05, 0.1) is 11.3 Å². The number of aromatic nitrogens is 3. The molecule has 3 rings (SSSR count). The number of nitrogens with zero attached hydrogens (tertiary/aromatic N) is 3. The van der Waals surface area contributed by atoms with Crippen molar-refractivity contribution in [3.8, 4) is 0 Å². The molecule has 0 aromatic carbocycles. The Kier molecular flexibility index (Phi) is 3.51. The van der Waals surface area contributed by atoms with Crippen LogP contribution in [0.3, 0.4) is 0 Å². The van der Waals surface area contributed by atoms with Gasteiger partial charge < -0.3 is 14.9 Å². The third-order valence-corrected chi connectivity index (χ3v) is 3.14. The highest BCUT2D eigenvalue weighted by Gasteiger charge is 2.07. The highest BCUT2D eigenvalue weighted by Crippen LogP contribution is 2.04. The number of imidazole rings is 1. The number of carbonyl (C=O) groups is 1. The first kappa shape index (κ1) is 13.1. The zero-order valence-electron chi connectivity index (χ0n) is 11.3. The fourth-order valence-corrected chi connectivity index (χ4v) is 2.08. The van der Waals surface area contributed by atoms with Gasteiger partial charge in [0.15, 0.2) is 12.4 Å². The second-order valence-electron chi connectivity index (χ2n) is 4.65. The molecule has 0 spiro atoms. The average Bonchev–Trinajstić information content (AvgIpc) is 2.90. The summed E-state index contributed by atoms with van der Waals surface area (Å²) in [6.45, 7) is 0.495. The van der Waals surface area contributed by atoms with Crippen molar-refractivity contribution < 1.29 is 9.52 Å². The van der Waals surface area contributed by atoms with Crippen molar-refractivity contribution >= 4 is 11.6 Å². The Labute approximate surface area is 121 Å². The molecular formula is C15H14N4O2. The molecule has 3 heterocycles. The minimum absolute atomic E-state index is 0.195. The Balaban J connectivity index is 1.58. The molecule has 0 atom stereocenters. The van der Waals surface area contributed by atoms with E-state index < -0.39 is 0 Å². The van der Waals surface area contributed by atoms with Crippen molar-refractivity contribution in [3.63, 3.8) is 0 Å². The van der Waals surface area contributed by atoms with Gasteiger partial charge >= 0.3 is 0 Å². The Hall–Kier alpha value is -2.89. The van der Waals surface area contributed by atoms with Crippen LogP contribution in [-0.4, -0.2) is 21.8 Å². The fraction of sp³-hybridized carbons (Fsp3) is 0.133. The highest BCUT2D eigenvalue weighted by molar-refractivity contribution is 5.93. The first-order valence-corrected chi connectivity index (χ1v) is 6.62. The van der Waals surface area contributed by atoms with Crippen LogP contribution in [0, 0.1) is 5.21 Å². The number of hydrogen-bond acceptors (Lipinski definition) is 3. The SMILES string of the molecule is O=C(NCCc1cn2ccccc2n1)c1cc[n+]([O-])cc1. The summed E-state index contributed by atoms with van der Waals surface area (Å²) in [6.07, 6.45) is 7.15. The van der Waals surface area contributed by atoms with Gasteiger partial charge in [-0.1, -0.05) is 6.07 Å². The number of carbonyl (C=O) groups excluding carboxylic acids is 1. The van der Waals surface area contributed by atoms with Gasteiger partial charge in [0, 0.05) is 37.5 Å². The monoisotopic (exact) mass is 282 g/mol. The molecule has 0 aliphatic rings. The summed E-state index contributed by atoms with van der Waals surface area (Å²) in [5.41, 5.74) is 2.28. The maximum absolute atomic E-state index is 11.9. The van der Waals surface area contributed by atoms with E-state index in [1.807, 2.05) is 35.0 Å². The predicted molar refractivity (Wildman–Crippen MR) is 76.6 cm³/mol. The largest absolute Gasteiger partial charge is 0.619 e. The minimum atomic E-state index is -0.195. The molecule has 0 fully saturated rings. The van der Waals surface area contributed by atoms with Crippen molar-refractivity contribution in [2.45, 2.75) is 6.42 Å². The van der Waals surface area contributed by atoms with Crippen LogP contribution in [0.4, 0.5) is 0 Å². The van der Waals surface area contributed by atoms with Gasteiger partial charge in [0.1, 0.15) is 5.65 Å². The van der Waals surface area contributed by atoms with Crippen LogP contribution in [0.15, 0.2) is 55.1 Å². The third kappa shape index (κ3) is 3.00.